The molecule has 106 valence electrons. The summed E-state index contributed by atoms with van der Waals surface area (Å²) in [6.07, 6.45) is 4.77. The van der Waals surface area contributed by atoms with Crippen LogP contribution < -0.4 is 5.73 Å². The van der Waals surface area contributed by atoms with Gasteiger partial charge in [-0.2, -0.15) is 0 Å². The molecule has 3 rings (SSSR count). The maximum atomic E-state index is 6.30. The molecule has 1 aliphatic rings. The molecule has 0 radical (unpaired) electrons. The minimum atomic E-state index is 0.0785. The van der Waals surface area contributed by atoms with Crippen LogP contribution in [0.2, 0.25) is 0 Å². The van der Waals surface area contributed by atoms with Gasteiger partial charge in [-0.15, -0.1) is 0 Å². The fourth-order valence-electron chi connectivity index (χ4n) is 3.36. The van der Waals surface area contributed by atoms with Crippen LogP contribution in [0.1, 0.15) is 68.0 Å². The predicted molar refractivity (Wildman–Crippen MR) is 85.1 cm³/mol. The van der Waals surface area contributed by atoms with Crippen molar-refractivity contribution in [2.75, 3.05) is 0 Å². The summed E-state index contributed by atoms with van der Waals surface area (Å²) in [7, 11) is 0. The summed E-state index contributed by atoms with van der Waals surface area (Å²) in [6.45, 7) is 6.57. The fraction of sp³-hybridized carbons (Fsp3) is 0.500. The zero-order chi connectivity index (χ0) is 14.3. The number of hydrogen-bond donors (Lipinski definition) is 1. The average molecular weight is 268 g/mol. The first-order valence-corrected chi connectivity index (χ1v) is 7.79. The first kappa shape index (κ1) is 13.6. The van der Waals surface area contributed by atoms with Gasteiger partial charge in [0, 0.05) is 17.1 Å². The van der Waals surface area contributed by atoms with E-state index in [-0.39, 0.29) is 6.04 Å². The van der Waals surface area contributed by atoms with Crippen LogP contribution in [0.5, 0.6) is 0 Å². The largest absolute Gasteiger partial charge is 0.324 e. The number of fused-ring (bicyclic) bond motifs is 2. The highest BCUT2D eigenvalue weighted by molar-refractivity contribution is 5.85. The zero-order valence-electron chi connectivity index (χ0n) is 12.7. The molecule has 0 bridgehead atoms. The van der Waals surface area contributed by atoms with Crippen LogP contribution in [-0.4, -0.2) is 4.98 Å². The normalized spacial score (nSPS) is 16.4. The van der Waals surface area contributed by atoms with Gasteiger partial charge < -0.3 is 5.73 Å². The molecular formula is C18H24N2. The van der Waals surface area contributed by atoms with Crippen molar-refractivity contribution >= 4 is 10.9 Å². The highest BCUT2D eigenvalue weighted by Crippen LogP contribution is 2.33. The third kappa shape index (κ3) is 2.22. The molecule has 1 aliphatic carbocycles. The minimum absolute atomic E-state index is 0.0785. The predicted octanol–water partition coefficient (Wildman–Crippen LogP) is 4.26. The van der Waals surface area contributed by atoms with Gasteiger partial charge in [-0.05, 0) is 67.3 Å². The number of benzene rings is 1. The van der Waals surface area contributed by atoms with Crippen molar-refractivity contribution in [2.45, 2.75) is 58.4 Å². The van der Waals surface area contributed by atoms with E-state index in [9.17, 15) is 0 Å². The van der Waals surface area contributed by atoms with Gasteiger partial charge in [0.1, 0.15) is 0 Å². The Balaban J connectivity index is 2.31. The number of nitrogens with zero attached hydrogens (tertiary/aromatic N) is 1. The van der Waals surface area contributed by atoms with Gasteiger partial charge in [0.05, 0.1) is 5.52 Å². The van der Waals surface area contributed by atoms with Crippen molar-refractivity contribution in [3.05, 3.63) is 40.6 Å². The van der Waals surface area contributed by atoms with Crippen molar-refractivity contribution in [1.82, 2.24) is 4.98 Å². The number of hydrogen-bond acceptors (Lipinski definition) is 2. The Kier molecular flexibility index (Phi) is 3.51. The smallest absolute Gasteiger partial charge is 0.0709 e. The van der Waals surface area contributed by atoms with Crippen molar-refractivity contribution in [1.29, 1.82) is 0 Å². The van der Waals surface area contributed by atoms with Gasteiger partial charge in [-0.1, -0.05) is 19.9 Å². The van der Waals surface area contributed by atoms with E-state index < -0.39 is 0 Å². The molecule has 0 fully saturated rings. The Hall–Kier alpha value is -1.41. The summed E-state index contributed by atoms with van der Waals surface area (Å²) >= 11 is 0. The average Bonchev–Trinajstić information content (AvgIpc) is 2.43. The lowest BCUT2D eigenvalue weighted by Gasteiger charge is -2.23. The highest BCUT2D eigenvalue weighted by Gasteiger charge is 2.20. The summed E-state index contributed by atoms with van der Waals surface area (Å²) in [4.78, 5) is 4.90. The lowest BCUT2D eigenvalue weighted by Crippen LogP contribution is -2.15. The van der Waals surface area contributed by atoms with Gasteiger partial charge in [0.15, 0.2) is 0 Å². The Morgan fingerprint density at radius 1 is 1.10 bits per heavy atom. The van der Waals surface area contributed by atoms with Crippen LogP contribution in [0.4, 0.5) is 0 Å². The Bertz CT molecular complexity index is 641. The fourth-order valence-corrected chi connectivity index (χ4v) is 3.36. The molecule has 20 heavy (non-hydrogen) atoms. The third-order valence-electron chi connectivity index (χ3n) is 4.45. The molecule has 0 saturated heterocycles. The van der Waals surface area contributed by atoms with Gasteiger partial charge in [-0.25, -0.2) is 0 Å². The Labute approximate surface area is 121 Å². The van der Waals surface area contributed by atoms with E-state index in [1.807, 2.05) is 0 Å². The van der Waals surface area contributed by atoms with Crippen LogP contribution >= 0.6 is 0 Å². The number of nitrogens with two attached hydrogens (primary N) is 1. The number of aromatic nitrogens is 1. The molecule has 2 heteroatoms. The Morgan fingerprint density at radius 2 is 1.85 bits per heavy atom. The molecule has 1 atom stereocenters. The second-order valence-corrected chi connectivity index (χ2v) is 6.38. The molecular weight excluding hydrogens is 244 g/mol. The number of pyridine rings is 1. The van der Waals surface area contributed by atoms with Gasteiger partial charge in [0.25, 0.3) is 0 Å². The molecule has 0 aliphatic heterocycles. The van der Waals surface area contributed by atoms with E-state index in [0.717, 1.165) is 18.4 Å². The SMILES string of the molecule is CC(C)c1ccc2nc3c(c(C(C)N)c2c1)CCCC3. The lowest BCUT2D eigenvalue weighted by atomic mass is 9.86. The molecule has 2 nitrogen and oxygen atoms in total. The monoisotopic (exact) mass is 268 g/mol. The van der Waals surface area contributed by atoms with Crippen molar-refractivity contribution in [3.63, 3.8) is 0 Å². The van der Waals surface area contributed by atoms with Crippen LogP contribution in [-0.2, 0) is 12.8 Å². The lowest BCUT2D eigenvalue weighted by molar-refractivity contribution is 0.655. The summed E-state index contributed by atoms with van der Waals surface area (Å²) in [5.74, 6) is 0.538. The standard InChI is InChI=1S/C18H24N2/c1-11(2)13-8-9-17-15(10-13)18(12(3)19)14-6-4-5-7-16(14)20-17/h8-12H,4-7,19H2,1-3H3. The molecule has 0 saturated carbocycles. The second-order valence-electron chi connectivity index (χ2n) is 6.38. The van der Waals surface area contributed by atoms with Crippen molar-refractivity contribution in [3.8, 4) is 0 Å². The zero-order valence-corrected chi connectivity index (χ0v) is 12.7. The first-order valence-electron chi connectivity index (χ1n) is 7.79. The van der Waals surface area contributed by atoms with Crippen LogP contribution in [0.3, 0.4) is 0 Å². The second kappa shape index (κ2) is 5.17. The van der Waals surface area contributed by atoms with Gasteiger partial charge in [-0.3, -0.25) is 4.98 Å². The van der Waals surface area contributed by atoms with E-state index in [4.69, 9.17) is 10.7 Å². The molecule has 2 N–H and O–H groups in total. The molecule has 1 heterocycles. The summed E-state index contributed by atoms with van der Waals surface area (Å²) in [5, 5.41) is 1.27. The minimum Gasteiger partial charge on any atom is -0.324 e. The molecule has 2 aromatic rings. The summed E-state index contributed by atoms with van der Waals surface area (Å²) < 4.78 is 0. The third-order valence-corrected chi connectivity index (χ3v) is 4.45. The van der Waals surface area contributed by atoms with E-state index in [2.05, 4.69) is 39.0 Å². The van der Waals surface area contributed by atoms with Crippen LogP contribution in [0.15, 0.2) is 18.2 Å². The van der Waals surface area contributed by atoms with Crippen molar-refractivity contribution in [2.24, 2.45) is 5.73 Å². The number of rotatable bonds is 2. The summed E-state index contributed by atoms with van der Waals surface area (Å²) in [5.41, 5.74) is 12.8. The Morgan fingerprint density at radius 3 is 2.55 bits per heavy atom. The maximum absolute atomic E-state index is 6.30. The quantitative estimate of drug-likeness (QED) is 0.884. The number of aryl methyl sites for hydroxylation is 1. The van der Waals surface area contributed by atoms with E-state index >= 15 is 0 Å². The van der Waals surface area contributed by atoms with Gasteiger partial charge >= 0.3 is 0 Å². The van der Waals surface area contributed by atoms with E-state index in [1.165, 1.54) is 40.6 Å². The molecule has 1 unspecified atom stereocenters. The molecule has 0 amide bonds. The maximum Gasteiger partial charge on any atom is 0.0709 e. The first-order chi connectivity index (χ1) is 9.58. The van der Waals surface area contributed by atoms with Gasteiger partial charge in [0.2, 0.25) is 0 Å². The topological polar surface area (TPSA) is 38.9 Å². The van der Waals surface area contributed by atoms with Crippen LogP contribution in [0.25, 0.3) is 10.9 Å². The highest BCUT2D eigenvalue weighted by atomic mass is 14.7. The molecule has 1 aromatic heterocycles. The summed E-state index contributed by atoms with van der Waals surface area (Å²) in [6, 6.07) is 6.77. The van der Waals surface area contributed by atoms with Crippen LogP contribution in [0, 0.1) is 0 Å². The van der Waals surface area contributed by atoms with Crippen molar-refractivity contribution < 1.29 is 0 Å². The molecule has 1 aromatic carbocycles. The molecule has 0 spiro atoms. The van der Waals surface area contributed by atoms with E-state index in [0.29, 0.717) is 5.92 Å². The van der Waals surface area contributed by atoms with E-state index in [1.54, 1.807) is 0 Å².